The molecule has 0 radical (unpaired) electrons. The second kappa shape index (κ2) is 10.9. The van der Waals surface area contributed by atoms with Crippen LogP contribution in [0.1, 0.15) is 35.1 Å². The lowest BCUT2D eigenvalue weighted by Crippen LogP contribution is -2.31. The molecule has 2 unspecified atom stereocenters. The summed E-state index contributed by atoms with van der Waals surface area (Å²) in [6, 6.07) is 19.5. The van der Waals surface area contributed by atoms with E-state index < -0.39 is 30.4 Å². The van der Waals surface area contributed by atoms with Crippen LogP contribution in [-0.4, -0.2) is 41.9 Å². The molecular weight excluding hydrogens is 543 g/mol. The number of carbonyl (C=O) groups is 1. The van der Waals surface area contributed by atoms with Crippen molar-refractivity contribution in [2.24, 2.45) is 0 Å². The highest BCUT2D eigenvalue weighted by atomic mass is 79.9. The molecule has 10 heteroatoms. The molecule has 0 saturated heterocycles. The third-order valence-corrected chi connectivity index (χ3v) is 6.43. The van der Waals surface area contributed by atoms with Gasteiger partial charge in [-0.2, -0.15) is 0 Å². The number of aliphatic hydroxyl groups excluding tert-OH is 2. The average Bonchev–Trinajstić information content (AvgIpc) is 3.15. The zero-order chi connectivity index (χ0) is 25.9. The largest absolute Gasteiger partial charge is 0.573 e. The Labute approximate surface area is 213 Å². The number of hydrogen-bond donors (Lipinski definition) is 3. The van der Waals surface area contributed by atoms with Crippen molar-refractivity contribution >= 4 is 22.0 Å². The van der Waals surface area contributed by atoms with Crippen molar-refractivity contribution in [3.63, 3.8) is 0 Å². The number of benzene rings is 3. The Morgan fingerprint density at radius 3 is 2.22 bits per heavy atom. The second-order valence-corrected chi connectivity index (χ2v) is 9.20. The van der Waals surface area contributed by atoms with Crippen LogP contribution in [-0.2, 0) is 4.74 Å². The molecule has 3 aromatic carbocycles. The van der Waals surface area contributed by atoms with Gasteiger partial charge in [-0.1, -0.05) is 70.5 Å². The summed E-state index contributed by atoms with van der Waals surface area (Å²) >= 11 is 3.05. The number of amides is 1. The topological polar surface area (TPSA) is 88.0 Å². The number of hydrogen-bond acceptors (Lipinski definition) is 5. The van der Waals surface area contributed by atoms with Crippen molar-refractivity contribution in [3.05, 3.63) is 87.9 Å². The van der Waals surface area contributed by atoms with Crippen LogP contribution < -0.4 is 10.1 Å². The minimum atomic E-state index is -4.97. The third-order valence-electron chi connectivity index (χ3n) is 5.94. The fourth-order valence-corrected chi connectivity index (χ4v) is 4.64. The highest BCUT2D eigenvalue weighted by Crippen LogP contribution is 2.44. The van der Waals surface area contributed by atoms with Gasteiger partial charge in [0.1, 0.15) is 18.5 Å². The second-order valence-electron chi connectivity index (χ2n) is 8.28. The first-order chi connectivity index (χ1) is 17.1. The highest BCUT2D eigenvalue weighted by Gasteiger charge is 2.34. The summed E-state index contributed by atoms with van der Waals surface area (Å²) in [5.74, 6) is -0.743. The highest BCUT2D eigenvalue weighted by molar-refractivity contribution is 9.10. The van der Waals surface area contributed by atoms with Crippen molar-refractivity contribution in [2.75, 3.05) is 13.2 Å². The molecule has 0 aliphatic heterocycles. The van der Waals surface area contributed by atoms with Crippen molar-refractivity contribution in [1.29, 1.82) is 0 Å². The lowest BCUT2D eigenvalue weighted by molar-refractivity contribution is -0.275. The molecule has 4 rings (SSSR count). The molecule has 0 aromatic heterocycles. The predicted molar refractivity (Wildman–Crippen MR) is 129 cm³/mol. The van der Waals surface area contributed by atoms with Gasteiger partial charge in [0.15, 0.2) is 0 Å². The first-order valence-electron chi connectivity index (χ1n) is 11.1. The van der Waals surface area contributed by atoms with Gasteiger partial charge in [-0.05, 0) is 40.8 Å². The Balaban J connectivity index is 1.30. The zero-order valence-corrected chi connectivity index (χ0v) is 20.4. The lowest BCUT2D eigenvalue weighted by atomic mass is 9.98. The van der Waals surface area contributed by atoms with E-state index in [4.69, 9.17) is 4.74 Å². The first kappa shape index (κ1) is 26.0. The van der Waals surface area contributed by atoms with Crippen LogP contribution in [0, 0.1) is 0 Å². The SMILES string of the molecule is O=C(NCCC(O)C(O)c1ccc(Br)cc1OC(F)(F)F)OCC1c2ccccc2-c2ccccc21. The average molecular weight is 566 g/mol. The van der Waals surface area contributed by atoms with Crippen LogP contribution >= 0.6 is 15.9 Å². The van der Waals surface area contributed by atoms with Crippen LogP contribution in [0.15, 0.2) is 71.2 Å². The van der Waals surface area contributed by atoms with E-state index in [-0.39, 0.29) is 31.1 Å². The van der Waals surface area contributed by atoms with Crippen LogP contribution in [0.4, 0.5) is 18.0 Å². The van der Waals surface area contributed by atoms with Gasteiger partial charge >= 0.3 is 12.5 Å². The van der Waals surface area contributed by atoms with Crippen molar-refractivity contribution in [1.82, 2.24) is 5.32 Å². The van der Waals surface area contributed by atoms with Gasteiger partial charge in [-0.3, -0.25) is 0 Å². The number of carbonyl (C=O) groups excluding carboxylic acids is 1. The smallest absolute Gasteiger partial charge is 0.449 e. The molecular formula is C26H23BrF3NO5. The fourth-order valence-electron chi connectivity index (χ4n) is 4.30. The number of nitrogens with one attached hydrogen (secondary N) is 1. The minimum absolute atomic E-state index is 0.0686. The van der Waals surface area contributed by atoms with Crippen LogP contribution in [0.3, 0.4) is 0 Å². The molecule has 190 valence electrons. The maximum atomic E-state index is 12.7. The van der Waals surface area contributed by atoms with Gasteiger partial charge < -0.3 is 25.0 Å². The minimum Gasteiger partial charge on any atom is -0.449 e. The molecule has 1 aliphatic rings. The third kappa shape index (κ3) is 6.00. The molecule has 1 aliphatic carbocycles. The van der Waals surface area contributed by atoms with Crippen molar-refractivity contribution in [3.8, 4) is 16.9 Å². The normalized spacial score (nSPS) is 14.5. The van der Waals surface area contributed by atoms with E-state index >= 15 is 0 Å². The van der Waals surface area contributed by atoms with E-state index in [0.29, 0.717) is 4.47 Å². The van der Waals surface area contributed by atoms with Gasteiger partial charge in [-0.25, -0.2) is 4.79 Å². The number of rotatable bonds is 8. The van der Waals surface area contributed by atoms with Crippen LogP contribution in [0.2, 0.25) is 0 Å². The van der Waals surface area contributed by atoms with E-state index in [1.165, 1.54) is 12.1 Å². The summed E-state index contributed by atoms with van der Waals surface area (Å²) in [7, 11) is 0. The Kier molecular flexibility index (Phi) is 7.87. The summed E-state index contributed by atoms with van der Waals surface area (Å²) in [4.78, 5) is 12.3. The van der Waals surface area contributed by atoms with E-state index in [0.717, 1.165) is 28.3 Å². The molecule has 0 heterocycles. The Hall–Kier alpha value is -3.08. The molecule has 6 nitrogen and oxygen atoms in total. The quantitative estimate of drug-likeness (QED) is 0.327. The van der Waals surface area contributed by atoms with E-state index in [1.807, 2.05) is 48.5 Å². The molecule has 0 fully saturated rings. The number of alkyl carbamates (subject to hydrolysis) is 1. The Morgan fingerprint density at radius 1 is 1.00 bits per heavy atom. The Morgan fingerprint density at radius 2 is 1.61 bits per heavy atom. The maximum absolute atomic E-state index is 12.7. The predicted octanol–water partition coefficient (Wildman–Crippen LogP) is 5.67. The standard InChI is InChI=1S/C26H23BrF3NO5/c27-15-9-10-20(23(13-15)36-26(28,29)30)24(33)22(32)11-12-31-25(34)35-14-21-18-7-3-1-5-16(18)17-6-2-4-8-19(17)21/h1-10,13,21-22,24,32-33H,11-12,14H2,(H,31,34). The van der Waals surface area contributed by atoms with Crippen molar-refractivity contribution in [2.45, 2.75) is 30.9 Å². The van der Waals surface area contributed by atoms with E-state index in [2.05, 4.69) is 26.0 Å². The van der Waals surface area contributed by atoms with Gasteiger partial charge in [0, 0.05) is 22.5 Å². The molecule has 0 saturated carbocycles. The van der Waals surface area contributed by atoms with Gasteiger partial charge in [-0.15, -0.1) is 13.2 Å². The summed E-state index contributed by atoms with van der Waals surface area (Å²) < 4.78 is 47.8. The molecule has 2 atom stereocenters. The van der Waals surface area contributed by atoms with Gasteiger partial charge in [0.05, 0.1) is 6.10 Å². The van der Waals surface area contributed by atoms with Gasteiger partial charge in [0.25, 0.3) is 0 Å². The number of ether oxygens (including phenoxy) is 2. The molecule has 0 bridgehead atoms. The number of fused-ring (bicyclic) bond motifs is 3. The summed E-state index contributed by atoms with van der Waals surface area (Å²) in [5, 5.41) is 23.2. The van der Waals surface area contributed by atoms with E-state index in [1.54, 1.807) is 0 Å². The maximum Gasteiger partial charge on any atom is 0.573 e. The molecule has 3 N–H and O–H groups in total. The lowest BCUT2D eigenvalue weighted by Gasteiger charge is -2.22. The summed E-state index contributed by atoms with van der Waals surface area (Å²) in [6.45, 7) is 0.0446. The fraction of sp³-hybridized carbons (Fsp3) is 0.269. The molecule has 36 heavy (non-hydrogen) atoms. The summed E-state index contributed by atoms with van der Waals surface area (Å²) in [6.07, 6.45) is -8.93. The molecule has 3 aromatic rings. The van der Waals surface area contributed by atoms with E-state index in [9.17, 15) is 28.2 Å². The van der Waals surface area contributed by atoms with Crippen LogP contribution in [0.5, 0.6) is 5.75 Å². The first-order valence-corrected chi connectivity index (χ1v) is 11.9. The molecule has 0 spiro atoms. The Bertz CT molecular complexity index is 1190. The summed E-state index contributed by atoms with van der Waals surface area (Å²) in [5.41, 5.74) is 4.10. The van der Waals surface area contributed by atoms with Gasteiger partial charge in [0.2, 0.25) is 0 Å². The number of alkyl halides is 3. The van der Waals surface area contributed by atoms with Crippen molar-refractivity contribution < 1.29 is 37.7 Å². The molecule has 1 amide bonds. The number of aliphatic hydroxyl groups is 2. The van der Waals surface area contributed by atoms with Crippen LogP contribution in [0.25, 0.3) is 11.1 Å². The monoisotopic (exact) mass is 565 g/mol. The number of halogens is 4. The zero-order valence-electron chi connectivity index (χ0n) is 18.8.